The fourth-order valence-electron chi connectivity index (χ4n) is 7.61. The molecule has 2 aliphatic rings. The van der Waals surface area contributed by atoms with Gasteiger partial charge in [0.25, 0.3) is 0 Å². The smallest absolute Gasteiger partial charge is 0.164 e. The highest BCUT2D eigenvalue weighted by molar-refractivity contribution is 5.92. The van der Waals surface area contributed by atoms with Crippen LogP contribution in [0, 0.1) is 0 Å². The van der Waals surface area contributed by atoms with Gasteiger partial charge in [-0.05, 0) is 53.1 Å². The van der Waals surface area contributed by atoms with Gasteiger partial charge in [0.15, 0.2) is 17.5 Å². The molecule has 50 heavy (non-hydrogen) atoms. The Morgan fingerprint density at radius 3 is 1.86 bits per heavy atom. The number of aromatic nitrogens is 3. The highest BCUT2D eigenvalue weighted by Crippen LogP contribution is 2.53. The Labute approximate surface area is 289 Å². The van der Waals surface area contributed by atoms with Gasteiger partial charge in [0.05, 0.1) is 6.04 Å². The molecule has 5 heteroatoms. The fourth-order valence-corrected chi connectivity index (χ4v) is 7.61. The van der Waals surface area contributed by atoms with Crippen molar-refractivity contribution in [1.29, 1.82) is 0 Å². The summed E-state index contributed by atoms with van der Waals surface area (Å²) < 4.78 is 6.63. The number of benzene rings is 6. The molecule has 0 N–H and O–H groups in total. The SMILES string of the molecule is C1=CC2C(c3ccccc3N2c2ccccc2)c2c1oc1cc(-c3nc(-c4ccccc4)nc(-c4cccc(-c5ccccc5)c4)n3)ccc21. The standard InChI is InChI=1S/C45H30N4O/c1-4-13-29(14-5-1)31-17-12-18-32(27-31)44-46-43(30-15-6-2-7-16-30)47-45(48-44)33-23-24-36-40(28-33)50-39-26-25-38-41(42(36)39)35-21-10-11-22-37(35)49(38)34-19-8-3-9-20-34/h1-28,38,41H. The van der Waals surface area contributed by atoms with Crippen LogP contribution in [0.2, 0.25) is 0 Å². The quantitative estimate of drug-likeness (QED) is 0.187. The molecule has 5 nitrogen and oxygen atoms in total. The number of nitrogens with zero attached hydrogens (tertiary/aromatic N) is 4. The van der Waals surface area contributed by atoms with E-state index in [2.05, 4.69) is 138 Å². The Bertz CT molecular complexity index is 2560. The predicted molar refractivity (Wildman–Crippen MR) is 201 cm³/mol. The Balaban J connectivity index is 1.09. The molecule has 0 saturated heterocycles. The number of furan rings is 1. The minimum absolute atomic E-state index is 0.142. The summed E-state index contributed by atoms with van der Waals surface area (Å²) in [6.07, 6.45) is 4.43. The van der Waals surface area contributed by atoms with Crippen molar-refractivity contribution in [2.24, 2.45) is 0 Å². The maximum absolute atomic E-state index is 6.63. The second-order valence-corrected chi connectivity index (χ2v) is 12.8. The molecule has 8 aromatic rings. The van der Waals surface area contributed by atoms with Crippen LogP contribution in [-0.2, 0) is 0 Å². The minimum Gasteiger partial charge on any atom is -0.456 e. The molecule has 0 spiro atoms. The summed E-state index contributed by atoms with van der Waals surface area (Å²) >= 11 is 0. The topological polar surface area (TPSA) is 55.1 Å². The van der Waals surface area contributed by atoms with Crippen molar-refractivity contribution in [2.75, 3.05) is 4.90 Å². The molecule has 0 fully saturated rings. The van der Waals surface area contributed by atoms with Gasteiger partial charge < -0.3 is 9.32 Å². The van der Waals surface area contributed by atoms with Gasteiger partial charge in [-0.25, -0.2) is 15.0 Å². The number of hydrogen-bond acceptors (Lipinski definition) is 5. The lowest BCUT2D eigenvalue weighted by Crippen LogP contribution is -2.30. The first kappa shape index (κ1) is 28.4. The number of anilines is 2. The van der Waals surface area contributed by atoms with E-state index in [0.717, 1.165) is 44.5 Å². The van der Waals surface area contributed by atoms with Crippen LogP contribution >= 0.6 is 0 Å². The molecular weight excluding hydrogens is 613 g/mol. The van der Waals surface area contributed by atoms with E-state index >= 15 is 0 Å². The van der Waals surface area contributed by atoms with E-state index in [0.29, 0.717) is 17.5 Å². The van der Waals surface area contributed by atoms with Gasteiger partial charge in [0.2, 0.25) is 0 Å². The van der Waals surface area contributed by atoms with E-state index in [4.69, 9.17) is 19.4 Å². The summed E-state index contributed by atoms with van der Waals surface area (Å²) in [4.78, 5) is 17.5. The Hall–Kier alpha value is -6.59. The van der Waals surface area contributed by atoms with Crippen LogP contribution < -0.4 is 4.90 Å². The first-order chi connectivity index (χ1) is 24.8. The van der Waals surface area contributed by atoms with Gasteiger partial charge >= 0.3 is 0 Å². The van der Waals surface area contributed by atoms with Gasteiger partial charge in [-0.1, -0.05) is 133 Å². The predicted octanol–water partition coefficient (Wildman–Crippen LogP) is 11.0. The first-order valence-corrected chi connectivity index (χ1v) is 16.9. The third-order valence-corrected chi connectivity index (χ3v) is 9.87. The van der Waals surface area contributed by atoms with Crippen molar-refractivity contribution in [3.63, 3.8) is 0 Å². The summed E-state index contributed by atoms with van der Waals surface area (Å²) in [5.41, 5.74) is 10.8. The number of fused-ring (bicyclic) bond motifs is 7. The normalized spacial score (nSPS) is 15.9. The van der Waals surface area contributed by atoms with Crippen LogP contribution in [0.15, 0.2) is 168 Å². The maximum atomic E-state index is 6.63. The fraction of sp³-hybridized carbons (Fsp3) is 0.0444. The molecule has 1 aliphatic heterocycles. The van der Waals surface area contributed by atoms with Crippen LogP contribution in [0.1, 0.15) is 22.8 Å². The van der Waals surface area contributed by atoms with Crippen molar-refractivity contribution in [1.82, 2.24) is 15.0 Å². The average Bonchev–Trinajstić information content (AvgIpc) is 3.74. The molecule has 10 rings (SSSR count). The monoisotopic (exact) mass is 642 g/mol. The summed E-state index contributed by atoms with van der Waals surface area (Å²) in [5.74, 6) is 2.90. The molecule has 3 heterocycles. The van der Waals surface area contributed by atoms with Gasteiger partial charge in [-0.15, -0.1) is 0 Å². The average molecular weight is 643 g/mol. The molecular formula is C45H30N4O. The van der Waals surface area contributed by atoms with E-state index in [1.807, 2.05) is 36.4 Å². The molecule has 2 aromatic heterocycles. The zero-order chi connectivity index (χ0) is 33.0. The van der Waals surface area contributed by atoms with Gasteiger partial charge in [0, 0.05) is 44.9 Å². The third-order valence-electron chi connectivity index (χ3n) is 9.87. The van der Waals surface area contributed by atoms with Crippen LogP contribution in [0.4, 0.5) is 11.4 Å². The molecule has 1 aliphatic carbocycles. The zero-order valence-electron chi connectivity index (χ0n) is 27.0. The van der Waals surface area contributed by atoms with E-state index in [1.165, 1.54) is 22.5 Å². The summed E-state index contributed by atoms with van der Waals surface area (Å²) in [7, 11) is 0. The second kappa shape index (κ2) is 11.5. The van der Waals surface area contributed by atoms with Crippen molar-refractivity contribution in [2.45, 2.75) is 12.0 Å². The van der Waals surface area contributed by atoms with Gasteiger partial charge in [-0.3, -0.25) is 0 Å². The minimum atomic E-state index is 0.142. The lowest BCUT2D eigenvalue weighted by Gasteiger charge is -2.30. The second-order valence-electron chi connectivity index (χ2n) is 12.8. The van der Waals surface area contributed by atoms with E-state index in [-0.39, 0.29) is 12.0 Å². The van der Waals surface area contributed by atoms with Crippen molar-refractivity contribution < 1.29 is 4.42 Å². The molecule has 0 saturated carbocycles. The summed E-state index contributed by atoms with van der Waals surface area (Å²) in [5, 5.41) is 1.11. The molecule has 2 atom stereocenters. The Kier molecular flexibility index (Phi) is 6.56. The van der Waals surface area contributed by atoms with Crippen LogP contribution in [0.25, 0.3) is 62.3 Å². The van der Waals surface area contributed by atoms with Gasteiger partial charge in [0.1, 0.15) is 11.3 Å². The largest absolute Gasteiger partial charge is 0.456 e. The molecule has 2 unspecified atom stereocenters. The van der Waals surface area contributed by atoms with Gasteiger partial charge in [-0.2, -0.15) is 0 Å². The number of hydrogen-bond donors (Lipinski definition) is 0. The molecule has 0 amide bonds. The summed E-state index contributed by atoms with van der Waals surface area (Å²) in [6, 6.07) is 54.8. The van der Waals surface area contributed by atoms with Crippen molar-refractivity contribution in [3.8, 4) is 45.3 Å². The third kappa shape index (κ3) is 4.66. The summed E-state index contributed by atoms with van der Waals surface area (Å²) in [6.45, 7) is 0. The van der Waals surface area contributed by atoms with Crippen LogP contribution in [0.5, 0.6) is 0 Å². The number of para-hydroxylation sites is 2. The molecule has 0 bridgehead atoms. The van der Waals surface area contributed by atoms with Crippen molar-refractivity contribution >= 4 is 28.4 Å². The van der Waals surface area contributed by atoms with E-state index in [1.54, 1.807) is 0 Å². The zero-order valence-corrected chi connectivity index (χ0v) is 27.0. The first-order valence-electron chi connectivity index (χ1n) is 16.9. The lowest BCUT2D eigenvalue weighted by atomic mass is 9.82. The van der Waals surface area contributed by atoms with Crippen LogP contribution in [-0.4, -0.2) is 21.0 Å². The maximum Gasteiger partial charge on any atom is 0.164 e. The van der Waals surface area contributed by atoms with Crippen LogP contribution in [0.3, 0.4) is 0 Å². The van der Waals surface area contributed by atoms with Crippen molar-refractivity contribution in [3.05, 3.63) is 181 Å². The highest BCUT2D eigenvalue weighted by Gasteiger charge is 2.43. The number of rotatable bonds is 5. The van der Waals surface area contributed by atoms with E-state index in [9.17, 15) is 0 Å². The molecule has 0 radical (unpaired) electrons. The Morgan fingerprint density at radius 1 is 0.500 bits per heavy atom. The lowest BCUT2D eigenvalue weighted by molar-refractivity contribution is 0.584. The molecule has 236 valence electrons. The Morgan fingerprint density at radius 2 is 1.10 bits per heavy atom. The highest BCUT2D eigenvalue weighted by atomic mass is 16.3. The van der Waals surface area contributed by atoms with E-state index < -0.39 is 0 Å². The molecule has 6 aromatic carbocycles.